The summed E-state index contributed by atoms with van der Waals surface area (Å²) in [5, 5.41) is 19.4. The number of nitriles is 1. The van der Waals surface area contributed by atoms with E-state index in [0.717, 1.165) is 65.8 Å². The van der Waals surface area contributed by atoms with Crippen molar-refractivity contribution in [2.24, 2.45) is 5.92 Å². The van der Waals surface area contributed by atoms with Crippen LogP contribution in [0.1, 0.15) is 63.8 Å². The van der Waals surface area contributed by atoms with Crippen molar-refractivity contribution in [3.63, 3.8) is 0 Å². The van der Waals surface area contributed by atoms with Crippen LogP contribution in [0.5, 0.6) is 5.75 Å². The maximum Gasteiger partial charge on any atom is 0.419 e. The molecule has 2 aromatic rings. The molecule has 0 spiro atoms. The number of thiol groups is 1. The fourth-order valence-electron chi connectivity index (χ4n) is 5.32. The number of halogens is 3. The average molecular weight is 608 g/mol. The number of likely N-dealkylation sites (tertiary alicyclic amines) is 1. The van der Waals surface area contributed by atoms with E-state index in [1.54, 1.807) is 20.8 Å². The largest absolute Gasteiger partial charge is 0.493 e. The number of carboxylic acids is 1. The Hall–Kier alpha value is -3.34. The summed E-state index contributed by atoms with van der Waals surface area (Å²) in [5.41, 5.74) is -1.06. The number of nitrogens with zero attached hydrogens (tertiary/aromatic N) is 4. The second-order valence-electron chi connectivity index (χ2n) is 11.1. The molecule has 2 N–H and O–H groups in total. The van der Waals surface area contributed by atoms with Gasteiger partial charge in [-0.05, 0) is 95.3 Å². The summed E-state index contributed by atoms with van der Waals surface area (Å²) in [6.07, 6.45) is -0.295. The number of carbonyl (C=O) groups is 2. The lowest BCUT2D eigenvalue weighted by Gasteiger charge is -2.34. The molecule has 1 aromatic heterocycles. The number of ether oxygens (including phenoxy) is 1. The first kappa shape index (κ1) is 31.6. The SMILES string of the molecule is CCc1cc([SH]2NN(c3cnc(C#N)c(C(F)(F)F)c3)C(=O)C2(C)C)ccc1OCCC1CCN([C@H](C)C(=O)O)CC1. The first-order chi connectivity index (χ1) is 19.8. The highest BCUT2D eigenvalue weighted by molar-refractivity contribution is 8.17. The van der Waals surface area contributed by atoms with Crippen molar-refractivity contribution in [2.75, 3.05) is 24.7 Å². The molecular weight excluding hydrogens is 571 g/mol. The highest BCUT2D eigenvalue weighted by Gasteiger charge is 2.47. The first-order valence-corrected chi connectivity index (χ1v) is 15.2. The summed E-state index contributed by atoms with van der Waals surface area (Å²) >= 11 is -1.36. The lowest BCUT2D eigenvalue weighted by molar-refractivity contribution is -0.143. The van der Waals surface area contributed by atoms with Gasteiger partial charge in [-0.15, -0.1) is 11.1 Å². The van der Waals surface area contributed by atoms with Crippen LogP contribution in [0.4, 0.5) is 18.9 Å². The predicted molar refractivity (Wildman–Crippen MR) is 153 cm³/mol. The fraction of sp³-hybridized carbons (Fsp3) is 0.517. The molecule has 9 nitrogen and oxygen atoms in total. The molecule has 3 heterocycles. The topological polar surface area (TPSA) is 119 Å². The number of anilines is 1. The number of aryl methyl sites for hydroxylation is 1. The van der Waals surface area contributed by atoms with Gasteiger partial charge in [0.2, 0.25) is 0 Å². The number of pyridine rings is 1. The lowest BCUT2D eigenvalue weighted by atomic mass is 9.93. The summed E-state index contributed by atoms with van der Waals surface area (Å²) in [6.45, 7) is 9.28. The highest BCUT2D eigenvalue weighted by Crippen LogP contribution is 2.52. The van der Waals surface area contributed by atoms with Crippen molar-refractivity contribution in [3.05, 3.63) is 47.3 Å². The Morgan fingerprint density at radius 2 is 2.00 bits per heavy atom. The minimum absolute atomic E-state index is 0.0803. The molecule has 0 saturated carbocycles. The molecule has 4 rings (SSSR count). The van der Waals surface area contributed by atoms with Gasteiger partial charge in [-0.25, -0.2) is 9.99 Å². The van der Waals surface area contributed by atoms with E-state index in [4.69, 9.17) is 10.00 Å². The Labute approximate surface area is 246 Å². The van der Waals surface area contributed by atoms with Crippen molar-refractivity contribution in [1.29, 1.82) is 5.26 Å². The molecule has 2 aliphatic rings. The molecular formula is C29H36F3N5O4S. The third kappa shape index (κ3) is 6.50. The number of aromatic nitrogens is 1. The van der Waals surface area contributed by atoms with Crippen LogP contribution < -0.4 is 14.6 Å². The van der Waals surface area contributed by atoms with Crippen LogP contribution in [-0.2, 0) is 22.2 Å². The van der Waals surface area contributed by atoms with Gasteiger partial charge in [-0.2, -0.15) is 23.3 Å². The molecule has 2 aliphatic heterocycles. The maximum atomic E-state index is 13.5. The van der Waals surface area contributed by atoms with E-state index in [2.05, 4.69) is 9.82 Å². The third-order valence-corrected chi connectivity index (χ3v) is 10.6. The number of alkyl halides is 3. The van der Waals surface area contributed by atoms with Gasteiger partial charge in [0.05, 0.1) is 28.8 Å². The van der Waals surface area contributed by atoms with Crippen LogP contribution in [0.3, 0.4) is 0 Å². The average Bonchev–Trinajstić information content (AvgIpc) is 3.20. The van der Waals surface area contributed by atoms with Crippen LogP contribution in [0.15, 0.2) is 35.4 Å². The van der Waals surface area contributed by atoms with Crippen LogP contribution in [0.2, 0.25) is 0 Å². The number of aliphatic carboxylic acids is 1. The zero-order chi connectivity index (χ0) is 30.8. The van der Waals surface area contributed by atoms with Gasteiger partial charge in [-0.1, -0.05) is 6.92 Å². The van der Waals surface area contributed by atoms with Crippen molar-refractivity contribution >= 4 is 28.6 Å². The molecule has 1 amide bonds. The number of piperidine rings is 1. The zero-order valence-electron chi connectivity index (χ0n) is 24.0. The maximum absolute atomic E-state index is 13.5. The summed E-state index contributed by atoms with van der Waals surface area (Å²) in [6, 6.07) is 7.50. The number of carboxylic acid groups (broad SMARTS) is 1. The summed E-state index contributed by atoms with van der Waals surface area (Å²) in [7, 11) is 0. The molecule has 228 valence electrons. The van der Waals surface area contributed by atoms with E-state index >= 15 is 0 Å². The summed E-state index contributed by atoms with van der Waals surface area (Å²) in [5.74, 6) is 0.0175. The van der Waals surface area contributed by atoms with E-state index in [-0.39, 0.29) is 5.69 Å². The highest BCUT2D eigenvalue weighted by atomic mass is 32.2. The number of hydrogen-bond acceptors (Lipinski definition) is 7. The van der Waals surface area contributed by atoms with E-state index < -0.39 is 51.2 Å². The molecule has 1 unspecified atom stereocenters. The molecule has 13 heteroatoms. The van der Waals surface area contributed by atoms with Gasteiger partial charge >= 0.3 is 12.1 Å². The number of benzene rings is 1. The van der Waals surface area contributed by atoms with E-state index in [1.807, 2.05) is 30.0 Å². The van der Waals surface area contributed by atoms with Crippen molar-refractivity contribution in [3.8, 4) is 11.8 Å². The third-order valence-electron chi connectivity index (χ3n) is 8.05. The quantitative estimate of drug-likeness (QED) is 0.338. The van der Waals surface area contributed by atoms with Crippen LogP contribution in [0, 0.1) is 17.2 Å². The number of carbonyl (C=O) groups excluding carboxylic acids is 1. The first-order valence-electron chi connectivity index (χ1n) is 13.9. The van der Waals surface area contributed by atoms with Crippen molar-refractivity contribution in [2.45, 2.75) is 75.2 Å². The van der Waals surface area contributed by atoms with Crippen LogP contribution in [0.25, 0.3) is 0 Å². The van der Waals surface area contributed by atoms with Crippen LogP contribution >= 0.6 is 11.1 Å². The van der Waals surface area contributed by atoms with E-state index in [9.17, 15) is 27.9 Å². The fourth-order valence-corrected chi connectivity index (χ4v) is 7.54. The summed E-state index contributed by atoms with van der Waals surface area (Å²) < 4.78 is 45.8. The van der Waals surface area contributed by atoms with E-state index in [1.165, 1.54) is 6.07 Å². The Balaban J connectivity index is 1.44. The number of amides is 1. The zero-order valence-corrected chi connectivity index (χ0v) is 24.9. The van der Waals surface area contributed by atoms with E-state index in [0.29, 0.717) is 18.9 Å². The number of hydrogen-bond donors (Lipinski definition) is 3. The Bertz CT molecular complexity index is 1370. The Morgan fingerprint density at radius 3 is 2.60 bits per heavy atom. The monoisotopic (exact) mass is 607 g/mol. The van der Waals surface area contributed by atoms with Crippen molar-refractivity contribution in [1.82, 2.24) is 14.7 Å². The second kappa shape index (κ2) is 12.5. The van der Waals surface area contributed by atoms with Crippen molar-refractivity contribution < 1.29 is 32.6 Å². The lowest BCUT2D eigenvalue weighted by Crippen LogP contribution is -2.44. The Morgan fingerprint density at radius 1 is 1.31 bits per heavy atom. The molecule has 2 atom stereocenters. The molecule has 2 fully saturated rings. The predicted octanol–water partition coefficient (Wildman–Crippen LogP) is 5.09. The standard InChI is InChI=1S/C29H36F3N5O4S/c1-5-20-14-22(6-7-25(20)41-13-10-19-8-11-36(12-9-19)18(2)26(38)39)42-28(3,4)27(40)37(35-42)21-15-23(29(30,31)32)24(16-33)34-17-21/h6-7,14-15,17-19,35,42H,5,8-13H2,1-4H3,(H,38,39)/t18-/m1/s1. The van der Waals surface area contributed by atoms with Gasteiger partial charge in [-0.3, -0.25) is 14.5 Å². The number of hydrazine groups is 1. The molecule has 1 aromatic carbocycles. The number of rotatable bonds is 9. The van der Waals surface area contributed by atoms with Gasteiger partial charge in [0.25, 0.3) is 5.91 Å². The molecule has 2 saturated heterocycles. The smallest absolute Gasteiger partial charge is 0.419 e. The minimum Gasteiger partial charge on any atom is -0.493 e. The molecule has 42 heavy (non-hydrogen) atoms. The molecule has 0 aliphatic carbocycles. The van der Waals surface area contributed by atoms with Gasteiger partial charge in [0.15, 0.2) is 5.69 Å². The minimum atomic E-state index is -4.79. The summed E-state index contributed by atoms with van der Waals surface area (Å²) in [4.78, 5) is 34.3. The van der Waals surface area contributed by atoms with Gasteiger partial charge in [0.1, 0.15) is 17.9 Å². The van der Waals surface area contributed by atoms with Gasteiger partial charge < -0.3 is 9.84 Å². The number of nitrogens with one attached hydrogen (secondary N) is 1. The second-order valence-corrected chi connectivity index (χ2v) is 13.6. The molecule has 0 radical (unpaired) electrons. The van der Waals surface area contributed by atoms with Gasteiger partial charge in [0, 0.05) is 4.90 Å². The normalized spacial score (nSPS) is 21.2. The Kier molecular flexibility index (Phi) is 9.39. The van der Waals surface area contributed by atoms with Crippen LogP contribution in [-0.4, -0.2) is 57.4 Å². The molecule has 0 bridgehead atoms.